The molecule has 0 aliphatic carbocycles. The average molecular weight is 502 g/mol. The average Bonchev–Trinajstić information content (AvgIpc) is 3.53. The summed E-state index contributed by atoms with van der Waals surface area (Å²) in [5.74, 6) is 0. The minimum Gasteiger partial charge on any atom is -0.307 e. The Morgan fingerprint density at radius 3 is 1.33 bits per heavy atom. The highest BCUT2D eigenvalue weighted by Crippen LogP contribution is 2.40. The molecule has 184 valence electrons. The first-order valence-electron chi connectivity index (χ1n) is 13.1. The fourth-order valence-corrected chi connectivity index (χ4v) is 6.08. The Morgan fingerprint density at radius 2 is 0.769 bits per heavy atom. The topological polar surface area (TPSA) is 31.9 Å². The third-order valence-electron chi connectivity index (χ3n) is 7.63. The van der Waals surface area contributed by atoms with Crippen LogP contribution in [-0.4, -0.2) is 13.7 Å². The van der Waals surface area contributed by atoms with Crippen LogP contribution in [0.5, 0.6) is 0 Å². The van der Waals surface area contributed by atoms with Crippen LogP contribution in [0.25, 0.3) is 60.8 Å². The van der Waals surface area contributed by atoms with Gasteiger partial charge in [-0.15, -0.1) is 0 Å². The van der Waals surface area contributed by atoms with Crippen molar-refractivity contribution in [1.82, 2.24) is 13.7 Å². The van der Waals surface area contributed by atoms with E-state index >= 15 is 0 Å². The third kappa shape index (κ3) is 3.03. The molecule has 0 aliphatic rings. The van der Waals surface area contributed by atoms with E-state index in [-0.39, 0.29) is 5.56 Å². The number of benzene rings is 5. The van der Waals surface area contributed by atoms with Crippen molar-refractivity contribution in [2.45, 2.75) is 0 Å². The van der Waals surface area contributed by atoms with E-state index in [0.717, 1.165) is 55.4 Å². The van der Waals surface area contributed by atoms with Gasteiger partial charge in [-0.1, -0.05) is 91.0 Å². The highest BCUT2D eigenvalue weighted by atomic mass is 16.1. The van der Waals surface area contributed by atoms with Gasteiger partial charge in [-0.2, -0.15) is 0 Å². The quantitative estimate of drug-likeness (QED) is 0.241. The second-order valence-corrected chi connectivity index (χ2v) is 9.77. The monoisotopic (exact) mass is 501 g/mol. The molecule has 0 N–H and O–H groups in total. The summed E-state index contributed by atoms with van der Waals surface area (Å²) in [4.78, 5) is 14.7. The lowest BCUT2D eigenvalue weighted by Crippen LogP contribution is -2.19. The molecule has 0 atom stereocenters. The molecule has 5 aromatic carbocycles. The maximum absolute atomic E-state index is 14.7. The van der Waals surface area contributed by atoms with Crippen LogP contribution in [0.2, 0.25) is 0 Å². The number of nitrogens with zero attached hydrogens (tertiary/aromatic N) is 3. The van der Waals surface area contributed by atoms with Gasteiger partial charge in [-0.3, -0.25) is 9.36 Å². The lowest BCUT2D eigenvalue weighted by molar-refractivity contribution is 1.06. The zero-order chi connectivity index (χ0) is 25.9. The minimum atomic E-state index is -0.0226. The smallest absolute Gasteiger partial charge is 0.265 e. The Bertz CT molecular complexity index is 2220. The molecular formula is C35H23N3O. The molecule has 0 saturated heterocycles. The Hall–Kier alpha value is -5.35. The summed E-state index contributed by atoms with van der Waals surface area (Å²) in [6.07, 6.45) is 0. The van der Waals surface area contributed by atoms with E-state index in [1.54, 1.807) is 0 Å². The van der Waals surface area contributed by atoms with Gasteiger partial charge in [0.1, 0.15) is 0 Å². The van der Waals surface area contributed by atoms with Crippen molar-refractivity contribution >= 4 is 43.7 Å². The first-order chi connectivity index (χ1) is 19.3. The molecule has 3 heterocycles. The summed E-state index contributed by atoms with van der Waals surface area (Å²) in [5, 5.41) is 2.69. The molecule has 0 aliphatic heterocycles. The van der Waals surface area contributed by atoms with Crippen LogP contribution >= 0.6 is 0 Å². The van der Waals surface area contributed by atoms with E-state index in [1.807, 2.05) is 77.4 Å². The van der Waals surface area contributed by atoms with E-state index in [4.69, 9.17) is 0 Å². The number of hydrogen-bond acceptors (Lipinski definition) is 1. The molecule has 0 amide bonds. The Labute approximate surface area is 224 Å². The standard InChI is InChI=1S/C35H23N3O/c39-35-31-27-20-10-12-22-29(27)36(24-14-4-1-5-15-24)33(31)34-32(38(35)26-18-8-3-9-19-26)28-21-11-13-23-30(28)37(34)25-16-6-2-7-17-25/h1-23H. The van der Waals surface area contributed by atoms with Crippen molar-refractivity contribution in [2.75, 3.05) is 0 Å². The summed E-state index contributed by atoms with van der Waals surface area (Å²) < 4.78 is 6.47. The third-order valence-corrected chi connectivity index (χ3v) is 7.63. The van der Waals surface area contributed by atoms with Crippen molar-refractivity contribution in [1.29, 1.82) is 0 Å². The van der Waals surface area contributed by atoms with Crippen molar-refractivity contribution in [3.63, 3.8) is 0 Å². The number of pyridine rings is 1. The molecule has 0 radical (unpaired) electrons. The van der Waals surface area contributed by atoms with Crippen molar-refractivity contribution in [3.05, 3.63) is 150 Å². The molecule has 0 fully saturated rings. The Balaban J connectivity index is 1.76. The predicted octanol–water partition coefficient (Wildman–Crippen LogP) is 8.03. The van der Waals surface area contributed by atoms with Crippen LogP contribution in [0.4, 0.5) is 0 Å². The van der Waals surface area contributed by atoms with E-state index in [1.165, 1.54) is 0 Å². The largest absolute Gasteiger partial charge is 0.307 e. The number of para-hydroxylation sites is 5. The number of aromatic nitrogens is 3. The molecule has 39 heavy (non-hydrogen) atoms. The molecule has 8 rings (SSSR count). The second-order valence-electron chi connectivity index (χ2n) is 9.77. The first kappa shape index (κ1) is 21.7. The molecule has 4 heteroatoms. The van der Waals surface area contributed by atoms with Crippen LogP contribution in [0.1, 0.15) is 0 Å². The Morgan fingerprint density at radius 1 is 0.359 bits per heavy atom. The van der Waals surface area contributed by atoms with Crippen LogP contribution in [0, 0.1) is 0 Å². The fraction of sp³-hybridized carbons (Fsp3) is 0. The van der Waals surface area contributed by atoms with Gasteiger partial charge in [0.25, 0.3) is 5.56 Å². The zero-order valence-corrected chi connectivity index (χ0v) is 21.0. The highest BCUT2D eigenvalue weighted by Gasteiger charge is 2.26. The van der Waals surface area contributed by atoms with Crippen LogP contribution < -0.4 is 5.56 Å². The van der Waals surface area contributed by atoms with Gasteiger partial charge in [-0.25, -0.2) is 0 Å². The molecule has 0 spiro atoms. The fourth-order valence-electron chi connectivity index (χ4n) is 6.08. The van der Waals surface area contributed by atoms with Gasteiger partial charge < -0.3 is 9.13 Å². The van der Waals surface area contributed by atoms with Gasteiger partial charge in [-0.05, 0) is 48.5 Å². The predicted molar refractivity (Wildman–Crippen MR) is 161 cm³/mol. The number of rotatable bonds is 3. The van der Waals surface area contributed by atoms with Gasteiger partial charge in [0.2, 0.25) is 0 Å². The summed E-state index contributed by atoms with van der Waals surface area (Å²) in [5.41, 5.74) is 7.77. The van der Waals surface area contributed by atoms with E-state index in [9.17, 15) is 4.79 Å². The summed E-state index contributed by atoms with van der Waals surface area (Å²) in [6.45, 7) is 0. The lowest BCUT2D eigenvalue weighted by Gasteiger charge is -2.15. The number of fused-ring (bicyclic) bond motifs is 7. The summed E-state index contributed by atoms with van der Waals surface area (Å²) >= 11 is 0. The SMILES string of the molecule is O=c1c2c3ccccc3n(-c3ccccc3)c2c2c(c3ccccc3n2-c2ccccc2)n1-c1ccccc1. The molecule has 4 nitrogen and oxygen atoms in total. The van der Waals surface area contributed by atoms with Crippen molar-refractivity contribution in [3.8, 4) is 17.1 Å². The van der Waals surface area contributed by atoms with Gasteiger partial charge in [0, 0.05) is 27.8 Å². The van der Waals surface area contributed by atoms with Crippen LogP contribution in [0.3, 0.4) is 0 Å². The maximum atomic E-state index is 14.7. The Kier molecular flexibility index (Phi) is 4.64. The van der Waals surface area contributed by atoms with Gasteiger partial charge in [0.05, 0.1) is 33.0 Å². The number of hydrogen-bond donors (Lipinski definition) is 0. The zero-order valence-electron chi connectivity index (χ0n) is 21.0. The van der Waals surface area contributed by atoms with E-state index in [2.05, 4.69) is 75.9 Å². The molecule has 0 unspecified atom stereocenters. The summed E-state index contributed by atoms with van der Waals surface area (Å²) in [7, 11) is 0. The lowest BCUT2D eigenvalue weighted by atomic mass is 10.1. The van der Waals surface area contributed by atoms with E-state index < -0.39 is 0 Å². The van der Waals surface area contributed by atoms with Crippen LogP contribution in [-0.2, 0) is 0 Å². The van der Waals surface area contributed by atoms with Gasteiger partial charge in [0.15, 0.2) is 0 Å². The molecular weight excluding hydrogens is 478 g/mol. The van der Waals surface area contributed by atoms with Crippen molar-refractivity contribution < 1.29 is 0 Å². The molecule has 0 saturated carbocycles. The van der Waals surface area contributed by atoms with Crippen molar-refractivity contribution in [2.24, 2.45) is 0 Å². The highest BCUT2D eigenvalue weighted by molar-refractivity contribution is 6.22. The summed E-state index contributed by atoms with van der Waals surface area (Å²) in [6, 6.07) is 47.3. The molecule has 8 aromatic rings. The van der Waals surface area contributed by atoms with Gasteiger partial charge >= 0.3 is 0 Å². The van der Waals surface area contributed by atoms with E-state index in [0.29, 0.717) is 5.39 Å². The molecule has 3 aromatic heterocycles. The maximum Gasteiger partial charge on any atom is 0.265 e. The molecule has 0 bridgehead atoms. The second kappa shape index (κ2) is 8.33. The first-order valence-corrected chi connectivity index (χ1v) is 13.1. The normalized spacial score (nSPS) is 11.7. The van der Waals surface area contributed by atoms with Crippen LogP contribution in [0.15, 0.2) is 144 Å². The minimum absolute atomic E-state index is 0.0226.